The first-order valence-corrected chi connectivity index (χ1v) is 9.87. The summed E-state index contributed by atoms with van der Waals surface area (Å²) in [6.07, 6.45) is 0. The van der Waals surface area contributed by atoms with Crippen LogP contribution >= 0.6 is 11.6 Å². The monoisotopic (exact) mass is 408 g/mol. The minimum absolute atomic E-state index is 0.558. The molecular weight excluding hydrogens is 388 g/mol. The third kappa shape index (κ3) is 4.88. The van der Waals surface area contributed by atoms with Crippen LogP contribution in [0.3, 0.4) is 0 Å². The zero-order valence-electron chi connectivity index (χ0n) is 16.0. The van der Waals surface area contributed by atoms with Gasteiger partial charge < -0.3 is 19.2 Å². The molecule has 0 bridgehead atoms. The molecule has 5 nitrogen and oxygen atoms in total. The quantitative estimate of drug-likeness (QED) is 0.366. The Bertz CT molecular complexity index is 1080. The Labute approximate surface area is 174 Å². The summed E-state index contributed by atoms with van der Waals surface area (Å²) < 4.78 is 17.5. The van der Waals surface area contributed by atoms with Crippen molar-refractivity contribution in [3.8, 4) is 28.7 Å². The molecule has 3 aromatic carbocycles. The average molecular weight is 409 g/mol. The van der Waals surface area contributed by atoms with Crippen LogP contribution in [0.5, 0.6) is 17.2 Å². The molecule has 1 N–H and O–H groups in total. The second-order valence-corrected chi connectivity index (χ2v) is 6.87. The molecule has 6 heteroatoms. The molecule has 4 aromatic rings. The Kier molecular flexibility index (Phi) is 5.98. The Morgan fingerprint density at radius 1 is 0.931 bits per heavy atom. The minimum Gasteiger partial charge on any atom is -0.492 e. The average Bonchev–Trinajstić information content (AvgIpc) is 3.17. The molecule has 0 unspecified atom stereocenters. The highest BCUT2D eigenvalue weighted by atomic mass is 35.5. The minimum atomic E-state index is 0.558. The predicted molar refractivity (Wildman–Crippen MR) is 115 cm³/mol. The molecule has 0 spiro atoms. The van der Waals surface area contributed by atoms with E-state index >= 15 is 0 Å². The smallest absolute Gasteiger partial charge is 0.227 e. The molecule has 148 valence electrons. The molecule has 0 saturated heterocycles. The van der Waals surface area contributed by atoms with Gasteiger partial charge in [-0.1, -0.05) is 18.5 Å². The number of nitrogens with one attached hydrogen (secondary N) is 1. The third-order valence-corrected chi connectivity index (χ3v) is 4.56. The van der Waals surface area contributed by atoms with Crippen LogP contribution < -0.4 is 14.8 Å². The summed E-state index contributed by atoms with van der Waals surface area (Å²) in [6, 6.07) is 20.5. The number of halogens is 1. The van der Waals surface area contributed by atoms with Gasteiger partial charge >= 0.3 is 0 Å². The SMILES string of the molecule is CCNCCOc1ccc(-c2nc3ccc(Oc4ccc(Cl)cc4)cc3o2)cc1. The molecule has 4 rings (SSSR count). The Hall–Kier alpha value is -3.02. The predicted octanol–water partition coefficient (Wildman–Crippen LogP) is 5.93. The zero-order chi connectivity index (χ0) is 20.1. The lowest BCUT2D eigenvalue weighted by Crippen LogP contribution is -2.20. The van der Waals surface area contributed by atoms with Crippen molar-refractivity contribution in [1.29, 1.82) is 0 Å². The van der Waals surface area contributed by atoms with Gasteiger partial charge in [-0.05, 0) is 67.2 Å². The van der Waals surface area contributed by atoms with E-state index in [1.54, 1.807) is 12.1 Å². The number of oxazole rings is 1. The van der Waals surface area contributed by atoms with Gasteiger partial charge in [-0.15, -0.1) is 0 Å². The van der Waals surface area contributed by atoms with Gasteiger partial charge in [-0.3, -0.25) is 0 Å². The van der Waals surface area contributed by atoms with Gasteiger partial charge in [0.05, 0.1) is 0 Å². The van der Waals surface area contributed by atoms with Crippen molar-refractivity contribution in [2.24, 2.45) is 0 Å². The second-order valence-electron chi connectivity index (χ2n) is 6.43. The van der Waals surface area contributed by atoms with Crippen LogP contribution in [0.15, 0.2) is 71.1 Å². The van der Waals surface area contributed by atoms with Gasteiger partial charge in [-0.2, -0.15) is 0 Å². The van der Waals surface area contributed by atoms with E-state index in [0.29, 0.717) is 34.6 Å². The molecule has 0 fully saturated rings. The van der Waals surface area contributed by atoms with E-state index < -0.39 is 0 Å². The van der Waals surface area contributed by atoms with Gasteiger partial charge in [0.15, 0.2) is 5.58 Å². The lowest BCUT2D eigenvalue weighted by Gasteiger charge is -2.06. The third-order valence-electron chi connectivity index (χ3n) is 4.31. The second kappa shape index (κ2) is 8.99. The highest BCUT2D eigenvalue weighted by Crippen LogP contribution is 2.30. The fourth-order valence-electron chi connectivity index (χ4n) is 2.84. The highest BCUT2D eigenvalue weighted by molar-refractivity contribution is 6.30. The van der Waals surface area contributed by atoms with Crippen molar-refractivity contribution in [3.05, 3.63) is 71.8 Å². The van der Waals surface area contributed by atoms with E-state index in [1.165, 1.54) is 0 Å². The number of hydrogen-bond acceptors (Lipinski definition) is 5. The van der Waals surface area contributed by atoms with Crippen molar-refractivity contribution in [3.63, 3.8) is 0 Å². The number of aromatic nitrogens is 1. The molecule has 29 heavy (non-hydrogen) atoms. The van der Waals surface area contributed by atoms with Crippen molar-refractivity contribution in [2.45, 2.75) is 6.92 Å². The zero-order valence-corrected chi connectivity index (χ0v) is 16.8. The lowest BCUT2D eigenvalue weighted by molar-refractivity contribution is 0.315. The fourth-order valence-corrected chi connectivity index (χ4v) is 2.97. The van der Waals surface area contributed by atoms with Gasteiger partial charge in [0.2, 0.25) is 5.89 Å². The first-order chi connectivity index (χ1) is 14.2. The molecule has 0 aliphatic carbocycles. The number of hydrogen-bond donors (Lipinski definition) is 1. The summed E-state index contributed by atoms with van der Waals surface area (Å²) in [6.45, 7) is 4.46. The summed E-state index contributed by atoms with van der Waals surface area (Å²) in [7, 11) is 0. The maximum atomic E-state index is 5.94. The van der Waals surface area contributed by atoms with Crippen molar-refractivity contribution < 1.29 is 13.9 Å². The van der Waals surface area contributed by atoms with Crippen LogP contribution in [0.4, 0.5) is 0 Å². The Balaban J connectivity index is 1.47. The number of likely N-dealkylation sites (N-methyl/N-ethyl adjacent to an activating group) is 1. The number of benzene rings is 3. The van der Waals surface area contributed by atoms with E-state index in [0.717, 1.165) is 29.9 Å². The first kappa shape index (κ1) is 19.3. The highest BCUT2D eigenvalue weighted by Gasteiger charge is 2.10. The molecule has 0 aliphatic rings. The van der Waals surface area contributed by atoms with Gasteiger partial charge in [-0.25, -0.2) is 4.98 Å². The molecule has 1 aromatic heterocycles. The number of rotatable bonds is 8. The maximum Gasteiger partial charge on any atom is 0.227 e. The van der Waals surface area contributed by atoms with Gasteiger partial charge in [0, 0.05) is 23.2 Å². The van der Waals surface area contributed by atoms with Gasteiger partial charge in [0.1, 0.15) is 29.4 Å². The van der Waals surface area contributed by atoms with Crippen molar-refractivity contribution in [1.82, 2.24) is 10.3 Å². The summed E-state index contributed by atoms with van der Waals surface area (Å²) in [4.78, 5) is 4.57. The molecule has 0 saturated carbocycles. The van der Waals surface area contributed by atoms with Crippen LogP contribution in [0.1, 0.15) is 6.92 Å². The van der Waals surface area contributed by atoms with E-state index in [4.69, 9.17) is 25.5 Å². The fraction of sp³-hybridized carbons (Fsp3) is 0.174. The van der Waals surface area contributed by atoms with E-state index in [2.05, 4.69) is 17.2 Å². The first-order valence-electron chi connectivity index (χ1n) is 9.49. The normalized spacial score (nSPS) is 11.0. The van der Waals surface area contributed by atoms with Crippen molar-refractivity contribution in [2.75, 3.05) is 19.7 Å². The maximum absolute atomic E-state index is 5.94. The Morgan fingerprint density at radius 2 is 1.66 bits per heavy atom. The number of nitrogens with zero attached hydrogens (tertiary/aromatic N) is 1. The van der Waals surface area contributed by atoms with Crippen LogP contribution in [0.2, 0.25) is 5.02 Å². The van der Waals surface area contributed by atoms with Crippen LogP contribution in [-0.2, 0) is 0 Å². The van der Waals surface area contributed by atoms with Crippen molar-refractivity contribution >= 4 is 22.7 Å². The molecule has 0 atom stereocenters. The number of ether oxygens (including phenoxy) is 2. The molecule has 0 aliphatic heterocycles. The Morgan fingerprint density at radius 3 is 2.41 bits per heavy atom. The van der Waals surface area contributed by atoms with Gasteiger partial charge in [0.25, 0.3) is 0 Å². The van der Waals surface area contributed by atoms with Crippen LogP contribution in [0, 0.1) is 0 Å². The molecular formula is C23H21ClN2O3. The lowest BCUT2D eigenvalue weighted by atomic mass is 10.2. The molecule has 0 amide bonds. The van der Waals surface area contributed by atoms with E-state index in [1.807, 2.05) is 54.6 Å². The standard InChI is InChI=1S/C23H21ClN2O3/c1-2-25-13-14-27-18-7-3-16(4-8-18)23-26-21-12-11-20(15-22(21)29-23)28-19-9-5-17(24)6-10-19/h3-12,15,25H,2,13-14H2,1H3. The molecule has 0 radical (unpaired) electrons. The summed E-state index contributed by atoms with van der Waals surface area (Å²) in [5.41, 5.74) is 2.33. The van der Waals surface area contributed by atoms with E-state index in [-0.39, 0.29) is 0 Å². The van der Waals surface area contributed by atoms with Crippen LogP contribution in [-0.4, -0.2) is 24.7 Å². The summed E-state index contributed by atoms with van der Waals surface area (Å²) >= 11 is 5.91. The largest absolute Gasteiger partial charge is 0.492 e. The number of fused-ring (bicyclic) bond motifs is 1. The van der Waals surface area contributed by atoms with Crippen LogP contribution in [0.25, 0.3) is 22.6 Å². The molecule has 1 heterocycles. The topological polar surface area (TPSA) is 56.5 Å². The summed E-state index contributed by atoms with van der Waals surface area (Å²) in [5.74, 6) is 2.76. The summed E-state index contributed by atoms with van der Waals surface area (Å²) in [5, 5.41) is 3.89. The van der Waals surface area contributed by atoms with E-state index in [9.17, 15) is 0 Å².